The summed E-state index contributed by atoms with van der Waals surface area (Å²) in [6, 6.07) is 0. The Bertz CT molecular complexity index is 84.5. The van der Waals surface area contributed by atoms with Crippen LogP contribution in [0.4, 0.5) is 0 Å². The second-order valence-corrected chi connectivity index (χ2v) is 2.03. The summed E-state index contributed by atoms with van der Waals surface area (Å²) in [5.74, 6) is -0.858. The molecule has 0 bridgehead atoms. The van der Waals surface area contributed by atoms with E-state index in [1.807, 2.05) is 20.8 Å². The highest BCUT2D eigenvalue weighted by Crippen LogP contribution is 2.09. The third-order valence-electron chi connectivity index (χ3n) is 1.27. The molecule has 0 radical (unpaired) electrons. The maximum absolute atomic E-state index is 5.67. The van der Waals surface area contributed by atoms with Crippen LogP contribution in [0.2, 0.25) is 0 Å². The van der Waals surface area contributed by atoms with Gasteiger partial charge in [0, 0.05) is 19.6 Å². The summed E-state index contributed by atoms with van der Waals surface area (Å²) in [6.45, 7) is 6.91. The number of halogens is 1. The minimum absolute atomic E-state index is 0. The molecule has 0 aliphatic carbocycles. The highest BCUT2D eigenvalue weighted by molar-refractivity contribution is 5.85. The lowest BCUT2D eigenvalue weighted by atomic mass is 10.4. The van der Waals surface area contributed by atoms with Gasteiger partial charge in [0.05, 0.1) is 0 Å². The molecule has 0 aliphatic rings. The predicted molar refractivity (Wildman–Crippen MR) is 47.7 cm³/mol. The van der Waals surface area contributed by atoms with Crippen molar-refractivity contribution in [2.24, 2.45) is 5.73 Å². The maximum atomic E-state index is 5.67. The van der Waals surface area contributed by atoms with Gasteiger partial charge in [0.1, 0.15) is 0 Å². The fourth-order valence-electron chi connectivity index (χ4n) is 0.734. The normalized spacial score (nSPS) is 10.9. The largest absolute Gasteiger partial charge is 0.338 e. The fourth-order valence-corrected chi connectivity index (χ4v) is 0.734. The molecule has 0 aromatic rings. The van der Waals surface area contributed by atoms with Crippen molar-refractivity contribution < 1.29 is 9.47 Å². The van der Waals surface area contributed by atoms with Crippen LogP contribution in [0.15, 0.2) is 0 Å². The first-order valence-corrected chi connectivity index (χ1v) is 3.75. The summed E-state index contributed by atoms with van der Waals surface area (Å²) in [6.07, 6.45) is 0.675. The third kappa shape index (κ3) is 5.44. The average Bonchev–Trinajstić information content (AvgIpc) is 1.89. The molecule has 0 atom stereocenters. The summed E-state index contributed by atoms with van der Waals surface area (Å²) in [5, 5.41) is 0. The number of hydrogen-bond acceptors (Lipinski definition) is 3. The molecule has 70 valence electrons. The molecule has 0 aliphatic heterocycles. The second kappa shape index (κ2) is 6.85. The monoisotopic (exact) mass is 183 g/mol. The molecule has 0 amide bonds. The molecule has 4 heteroatoms. The molecular formula is C7H18ClNO2. The van der Waals surface area contributed by atoms with Gasteiger partial charge >= 0.3 is 0 Å². The van der Waals surface area contributed by atoms with E-state index in [1.54, 1.807) is 0 Å². The van der Waals surface area contributed by atoms with E-state index in [9.17, 15) is 0 Å². The SMILES string of the molecule is CCOC(N)(CC)OCC.Cl. The lowest BCUT2D eigenvalue weighted by molar-refractivity contribution is -0.230. The fraction of sp³-hybridized carbons (Fsp3) is 1.00. The summed E-state index contributed by atoms with van der Waals surface area (Å²) < 4.78 is 10.3. The Hall–Kier alpha value is 0.170. The van der Waals surface area contributed by atoms with Crippen molar-refractivity contribution in [3.05, 3.63) is 0 Å². The van der Waals surface area contributed by atoms with E-state index < -0.39 is 5.91 Å². The number of rotatable bonds is 5. The first-order valence-electron chi connectivity index (χ1n) is 3.75. The molecule has 0 saturated heterocycles. The van der Waals surface area contributed by atoms with Crippen molar-refractivity contribution in [1.82, 2.24) is 0 Å². The van der Waals surface area contributed by atoms with Crippen LogP contribution < -0.4 is 5.73 Å². The van der Waals surface area contributed by atoms with Gasteiger partial charge in [-0.1, -0.05) is 6.92 Å². The predicted octanol–water partition coefficient (Wildman–Crippen LogP) is 1.50. The topological polar surface area (TPSA) is 44.5 Å². The molecule has 0 aromatic carbocycles. The van der Waals surface area contributed by atoms with Gasteiger partial charge in [-0.2, -0.15) is 0 Å². The van der Waals surface area contributed by atoms with E-state index in [1.165, 1.54) is 0 Å². The van der Waals surface area contributed by atoms with Crippen LogP contribution in [0.25, 0.3) is 0 Å². The van der Waals surface area contributed by atoms with E-state index in [2.05, 4.69) is 0 Å². The van der Waals surface area contributed by atoms with Crippen LogP contribution in [-0.2, 0) is 9.47 Å². The Morgan fingerprint density at radius 1 is 1.09 bits per heavy atom. The van der Waals surface area contributed by atoms with Crippen LogP contribution in [-0.4, -0.2) is 19.1 Å². The summed E-state index contributed by atoms with van der Waals surface area (Å²) in [7, 11) is 0. The highest BCUT2D eigenvalue weighted by atomic mass is 35.5. The number of ether oxygens (including phenoxy) is 2. The maximum Gasteiger partial charge on any atom is 0.224 e. The zero-order valence-corrected chi connectivity index (χ0v) is 8.24. The molecule has 0 saturated carbocycles. The summed E-state index contributed by atoms with van der Waals surface area (Å²) in [5.41, 5.74) is 5.67. The lowest BCUT2D eigenvalue weighted by Gasteiger charge is -2.26. The first kappa shape index (κ1) is 13.7. The van der Waals surface area contributed by atoms with Gasteiger partial charge in [-0.05, 0) is 13.8 Å². The minimum Gasteiger partial charge on any atom is -0.338 e. The smallest absolute Gasteiger partial charge is 0.224 e. The molecule has 3 nitrogen and oxygen atoms in total. The van der Waals surface area contributed by atoms with Gasteiger partial charge in [-0.3, -0.25) is 5.73 Å². The third-order valence-corrected chi connectivity index (χ3v) is 1.27. The molecule has 0 heterocycles. The van der Waals surface area contributed by atoms with Gasteiger partial charge < -0.3 is 9.47 Å². The van der Waals surface area contributed by atoms with Gasteiger partial charge in [0.15, 0.2) is 0 Å². The molecule has 0 fully saturated rings. The summed E-state index contributed by atoms with van der Waals surface area (Å²) in [4.78, 5) is 0. The second-order valence-electron chi connectivity index (χ2n) is 2.03. The van der Waals surface area contributed by atoms with Crippen molar-refractivity contribution >= 4 is 12.4 Å². The Kier molecular flexibility index (Phi) is 8.56. The zero-order valence-electron chi connectivity index (χ0n) is 7.42. The van der Waals surface area contributed by atoms with Crippen LogP contribution in [0.5, 0.6) is 0 Å². The average molecular weight is 184 g/mol. The molecule has 0 spiro atoms. The highest BCUT2D eigenvalue weighted by Gasteiger charge is 2.22. The summed E-state index contributed by atoms with van der Waals surface area (Å²) >= 11 is 0. The van der Waals surface area contributed by atoms with Gasteiger partial charge in [-0.25, -0.2) is 0 Å². The number of hydrogen-bond donors (Lipinski definition) is 1. The van der Waals surface area contributed by atoms with Gasteiger partial charge in [0.25, 0.3) is 0 Å². The molecule has 0 unspecified atom stereocenters. The lowest BCUT2D eigenvalue weighted by Crippen LogP contribution is -2.45. The van der Waals surface area contributed by atoms with E-state index in [0.717, 1.165) is 0 Å². The van der Waals surface area contributed by atoms with Crippen LogP contribution in [0.1, 0.15) is 27.2 Å². The van der Waals surface area contributed by atoms with Crippen molar-refractivity contribution in [3.63, 3.8) is 0 Å². The van der Waals surface area contributed by atoms with Gasteiger partial charge in [-0.15, -0.1) is 12.4 Å². The van der Waals surface area contributed by atoms with E-state index in [4.69, 9.17) is 15.2 Å². The van der Waals surface area contributed by atoms with E-state index in [-0.39, 0.29) is 12.4 Å². The molecule has 11 heavy (non-hydrogen) atoms. The Morgan fingerprint density at radius 2 is 1.45 bits per heavy atom. The molecule has 2 N–H and O–H groups in total. The van der Waals surface area contributed by atoms with Crippen LogP contribution in [0, 0.1) is 0 Å². The molecular weight excluding hydrogens is 166 g/mol. The van der Waals surface area contributed by atoms with Crippen LogP contribution >= 0.6 is 12.4 Å². The first-order chi connectivity index (χ1) is 4.68. The number of nitrogens with two attached hydrogens (primary N) is 1. The standard InChI is InChI=1S/C7H17NO2.ClH/c1-4-7(8,9-5-2)10-6-3;/h4-6,8H2,1-3H3;1H. The Labute approximate surface area is 74.6 Å². The quantitative estimate of drug-likeness (QED) is 0.658. The van der Waals surface area contributed by atoms with Crippen molar-refractivity contribution in [2.75, 3.05) is 13.2 Å². The van der Waals surface area contributed by atoms with Crippen molar-refractivity contribution in [3.8, 4) is 0 Å². The minimum atomic E-state index is -0.858. The Balaban J connectivity index is 0. The molecule has 0 rings (SSSR count). The Morgan fingerprint density at radius 3 is 1.64 bits per heavy atom. The zero-order chi connectivity index (χ0) is 8.04. The van der Waals surface area contributed by atoms with Crippen molar-refractivity contribution in [1.29, 1.82) is 0 Å². The van der Waals surface area contributed by atoms with Crippen molar-refractivity contribution in [2.45, 2.75) is 33.1 Å². The molecule has 0 aromatic heterocycles. The van der Waals surface area contributed by atoms with E-state index >= 15 is 0 Å². The van der Waals surface area contributed by atoms with E-state index in [0.29, 0.717) is 19.6 Å². The van der Waals surface area contributed by atoms with Gasteiger partial charge in [0.2, 0.25) is 5.91 Å². The van der Waals surface area contributed by atoms with Crippen LogP contribution in [0.3, 0.4) is 0 Å².